The molecule has 0 atom stereocenters. The van der Waals surface area contributed by atoms with Gasteiger partial charge < -0.3 is 24.2 Å². The summed E-state index contributed by atoms with van der Waals surface area (Å²) in [4.78, 5) is 40.1. The van der Waals surface area contributed by atoms with Crippen molar-refractivity contribution in [3.63, 3.8) is 0 Å². The minimum absolute atomic E-state index is 0.0446. The van der Waals surface area contributed by atoms with Crippen molar-refractivity contribution in [2.75, 3.05) is 64.0 Å². The number of ether oxygens (including phenoxy) is 2. The smallest absolute Gasteiger partial charge is 0.360 e. The molecule has 2 aliphatic rings. The molecule has 0 N–H and O–H groups in total. The van der Waals surface area contributed by atoms with Crippen LogP contribution in [-0.2, 0) is 9.47 Å². The highest BCUT2D eigenvalue weighted by Crippen LogP contribution is 2.23. The topological polar surface area (TPSA) is 88.1 Å². The van der Waals surface area contributed by atoms with Crippen LogP contribution >= 0.6 is 0 Å². The van der Waals surface area contributed by atoms with Gasteiger partial charge in [-0.3, -0.25) is 0 Å². The van der Waals surface area contributed by atoms with Crippen LogP contribution < -0.4 is 4.90 Å². The number of benzene rings is 1. The zero-order valence-electron chi connectivity index (χ0n) is 16.5. The van der Waals surface area contributed by atoms with E-state index in [1.165, 1.54) is 0 Å². The summed E-state index contributed by atoms with van der Waals surface area (Å²) in [5, 5.41) is 0. The zero-order valence-corrected chi connectivity index (χ0v) is 16.5. The molecule has 0 bridgehead atoms. The number of rotatable bonds is 3. The van der Waals surface area contributed by atoms with Crippen LogP contribution in [0, 0.1) is 0 Å². The number of piperazine rings is 1. The molecular formula is C20H25N5O4. The largest absolute Gasteiger partial charge is 0.461 e. The predicted octanol–water partition coefficient (Wildman–Crippen LogP) is 1.38. The average molecular weight is 399 g/mol. The van der Waals surface area contributed by atoms with Crippen molar-refractivity contribution in [2.45, 2.75) is 6.92 Å². The molecule has 9 nitrogen and oxygen atoms in total. The second kappa shape index (κ2) is 8.60. The number of hydrogen-bond donors (Lipinski definition) is 0. The van der Waals surface area contributed by atoms with E-state index in [1.807, 2.05) is 39.0 Å². The molecule has 0 radical (unpaired) electrons. The molecule has 0 saturated carbocycles. The molecular weight excluding hydrogens is 374 g/mol. The summed E-state index contributed by atoms with van der Waals surface area (Å²) in [7, 11) is 0. The van der Waals surface area contributed by atoms with E-state index in [2.05, 4.69) is 4.98 Å². The van der Waals surface area contributed by atoms with Gasteiger partial charge in [0.25, 0.3) is 0 Å². The summed E-state index contributed by atoms with van der Waals surface area (Å²) < 4.78 is 10.5. The van der Waals surface area contributed by atoms with E-state index in [-0.39, 0.29) is 18.3 Å². The van der Waals surface area contributed by atoms with Crippen LogP contribution in [-0.4, -0.2) is 90.9 Å². The molecule has 4 rings (SSSR count). The summed E-state index contributed by atoms with van der Waals surface area (Å²) in [6, 6.07) is 7.50. The minimum atomic E-state index is -0.479. The van der Waals surface area contributed by atoms with Crippen molar-refractivity contribution in [3.8, 4) is 0 Å². The van der Waals surface area contributed by atoms with Crippen LogP contribution in [0.15, 0.2) is 24.3 Å². The lowest BCUT2D eigenvalue weighted by Crippen LogP contribution is -2.55. The normalized spacial score (nSPS) is 17.5. The second-order valence-electron chi connectivity index (χ2n) is 6.96. The van der Waals surface area contributed by atoms with Crippen LogP contribution in [0.3, 0.4) is 0 Å². The third-order valence-corrected chi connectivity index (χ3v) is 5.15. The van der Waals surface area contributed by atoms with Crippen molar-refractivity contribution >= 4 is 28.9 Å². The fourth-order valence-electron chi connectivity index (χ4n) is 3.61. The Balaban J connectivity index is 1.53. The highest BCUT2D eigenvalue weighted by Gasteiger charge is 2.29. The number of para-hydroxylation sites is 2. The summed E-state index contributed by atoms with van der Waals surface area (Å²) >= 11 is 0. The number of fused-ring (bicyclic) bond motifs is 1. The molecule has 0 unspecified atom stereocenters. The van der Waals surface area contributed by atoms with E-state index in [1.54, 1.807) is 6.92 Å². The maximum Gasteiger partial charge on any atom is 0.360 e. The average Bonchev–Trinajstić information content (AvgIpc) is 2.78. The van der Waals surface area contributed by atoms with Gasteiger partial charge in [0.1, 0.15) is 0 Å². The highest BCUT2D eigenvalue weighted by molar-refractivity contribution is 5.95. The van der Waals surface area contributed by atoms with E-state index in [9.17, 15) is 9.59 Å². The summed E-state index contributed by atoms with van der Waals surface area (Å²) in [6.45, 7) is 6.74. The van der Waals surface area contributed by atoms with E-state index in [4.69, 9.17) is 14.5 Å². The number of aromatic nitrogens is 2. The van der Waals surface area contributed by atoms with Gasteiger partial charge in [0, 0.05) is 39.3 Å². The fraction of sp³-hybridized carbons (Fsp3) is 0.500. The molecule has 2 saturated heterocycles. The van der Waals surface area contributed by atoms with Gasteiger partial charge in [0.15, 0.2) is 11.5 Å². The Labute approximate surface area is 169 Å². The van der Waals surface area contributed by atoms with E-state index >= 15 is 0 Å². The SMILES string of the molecule is CCOC(=O)c1nc2ccccc2nc1N1CCN(C(=O)N2CCOCC2)CC1. The summed E-state index contributed by atoms with van der Waals surface area (Å²) in [6.07, 6.45) is 0. The number of hydrogen-bond acceptors (Lipinski definition) is 7. The number of carbonyl (C=O) groups is 2. The first-order valence-electron chi connectivity index (χ1n) is 9.98. The maximum atomic E-state index is 12.7. The monoisotopic (exact) mass is 399 g/mol. The first kappa shape index (κ1) is 19.4. The molecule has 3 heterocycles. The first-order valence-corrected chi connectivity index (χ1v) is 9.98. The van der Waals surface area contributed by atoms with Gasteiger partial charge in [-0.2, -0.15) is 0 Å². The van der Waals surface area contributed by atoms with Crippen LogP contribution in [0.4, 0.5) is 10.6 Å². The molecule has 0 spiro atoms. The maximum absolute atomic E-state index is 12.7. The van der Waals surface area contributed by atoms with E-state index < -0.39 is 5.97 Å². The number of esters is 1. The van der Waals surface area contributed by atoms with Gasteiger partial charge in [-0.1, -0.05) is 12.1 Å². The first-order chi connectivity index (χ1) is 14.2. The molecule has 9 heteroatoms. The molecule has 154 valence electrons. The molecule has 2 amide bonds. The van der Waals surface area contributed by atoms with Gasteiger partial charge in [0.05, 0.1) is 30.9 Å². The summed E-state index contributed by atoms with van der Waals surface area (Å²) in [5.41, 5.74) is 1.60. The number of amides is 2. The van der Waals surface area contributed by atoms with Crippen molar-refractivity contribution in [3.05, 3.63) is 30.0 Å². The third kappa shape index (κ3) is 4.09. The van der Waals surface area contributed by atoms with Gasteiger partial charge in [0.2, 0.25) is 0 Å². The third-order valence-electron chi connectivity index (χ3n) is 5.15. The van der Waals surface area contributed by atoms with Crippen LogP contribution in [0.5, 0.6) is 0 Å². The molecule has 2 fully saturated rings. The lowest BCUT2D eigenvalue weighted by atomic mass is 10.2. The van der Waals surface area contributed by atoms with Gasteiger partial charge in [-0.25, -0.2) is 19.6 Å². The van der Waals surface area contributed by atoms with Gasteiger partial charge >= 0.3 is 12.0 Å². The van der Waals surface area contributed by atoms with E-state index in [0.29, 0.717) is 63.8 Å². The molecule has 2 aliphatic heterocycles. The Morgan fingerprint density at radius 3 is 2.24 bits per heavy atom. The fourth-order valence-corrected chi connectivity index (χ4v) is 3.61. The Morgan fingerprint density at radius 1 is 0.966 bits per heavy atom. The second-order valence-corrected chi connectivity index (χ2v) is 6.96. The zero-order chi connectivity index (χ0) is 20.2. The number of urea groups is 1. The Morgan fingerprint density at radius 2 is 1.59 bits per heavy atom. The summed E-state index contributed by atoms with van der Waals surface area (Å²) in [5.74, 6) is 0.0354. The number of morpholine rings is 1. The number of carbonyl (C=O) groups excluding carboxylic acids is 2. The predicted molar refractivity (Wildman–Crippen MR) is 107 cm³/mol. The molecule has 1 aromatic heterocycles. The van der Waals surface area contributed by atoms with Crippen LogP contribution in [0.2, 0.25) is 0 Å². The van der Waals surface area contributed by atoms with Crippen molar-refractivity contribution < 1.29 is 19.1 Å². The van der Waals surface area contributed by atoms with Crippen LogP contribution in [0.1, 0.15) is 17.4 Å². The highest BCUT2D eigenvalue weighted by atomic mass is 16.5. The van der Waals surface area contributed by atoms with Gasteiger partial charge in [-0.15, -0.1) is 0 Å². The molecule has 29 heavy (non-hydrogen) atoms. The van der Waals surface area contributed by atoms with Crippen molar-refractivity contribution in [1.82, 2.24) is 19.8 Å². The van der Waals surface area contributed by atoms with Gasteiger partial charge in [-0.05, 0) is 19.1 Å². The quantitative estimate of drug-likeness (QED) is 0.721. The lowest BCUT2D eigenvalue weighted by Gasteiger charge is -2.39. The number of nitrogens with zero attached hydrogens (tertiary/aromatic N) is 5. The Hall–Kier alpha value is -2.94. The minimum Gasteiger partial charge on any atom is -0.461 e. The van der Waals surface area contributed by atoms with Crippen molar-refractivity contribution in [1.29, 1.82) is 0 Å². The lowest BCUT2D eigenvalue weighted by molar-refractivity contribution is 0.0428. The standard InChI is InChI=1S/C20H25N5O4/c1-2-29-19(26)17-18(22-16-6-4-3-5-15(16)21-17)23-7-9-24(10-8-23)20(27)25-11-13-28-14-12-25/h3-6H,2,7-14H2,1H3. The molecule has 2 aromatic rings. The van der Waals surface area contributed by atoms with E-state index in [0.717, 1.165) is 5.52 Å². The van der Waals surface area contributed by atoms with Crippen molar-refractivity contribution in [2.24, 2.45) is 0 Å². The number of anilines is 1. The Bertz CT molecular complexity index is 892. The molecule has 0 aliphatic carbocycles. The van der Waals surface area contributed by atoms with Crippen LogP contribution in [0.25, 0.3) is 11.0 Å². The molecule has 1 aromatic carbocycles. The Kier molecular flexibility index (Phi) is 5.75.